The van der Waals surface area contributed by atoms with Gasteiger partial charge in [-0.1, -0.05) is 13.8 Å². The number of anilines is 1. The van der Waals surface area contributed by atoms with Gasteiger partial charge in [0.15, 0.2) is 0 Å². The van der Waals surface area contributed by atoms with Crippen LogP contribution in [0.2, 0.25) is 0 Å². The lowest BCUT2D eigenvalue weighted by Gasteiger charge is -2.24. The van der Waals surface area contributed by atoms with Crippen LogP contribution in [0.15, 0.2) is 18.2 Å². The Morgan fingerprint density at radius 2 is 2.21 bits per heavy atom. The summed E-state index contributed by atoms with van der Waals surface area (Å²) in [5.74, 6) is -0.525. The summed E-state index contributed by atoms with van der Waals surface area (Å²) < 4.78 is 13.1. The first-order chi connectivity index (χ1) is 8.85. The fourth-order valence-electron chi connectivity index (χ4n) is 1.63. The van der Waals surface area contributed by atoms with E-state index < -0.39 is 10.7 Å². The van der Waals surface area contributed by atoms with Crippen LogP contribution in [0.4, 0.5) is 15.8 Å². The molecule has 0 aliphatic carbocycles. The topological polar surface area (TPSA) is 79.0 Å². The van der Waals surface area contributed by atoms with Gasteiger partial charge in [-0.2, -0.15) is 5.26 Å². The van der Waals surface area contributed by atoms with Crippen molar-refractivity contribution in [1.82, 2.24) is 0 Å². The molecule has 6 heteroatoms. The van der Waals surface area contributed by atoms with Crippen molar-refractivity contribution < 1.29 is 9.31 Å². The van der Waals surface area contributed by atoms with Gasteiger partial charge in [0.1, 0.15) is 11.5 Å². The second-order valence-corrected chi connectivity index (χ2v) is 5.09. The van der Waals surface area contributed by atoms with Crippen LogP contribution in [0.3, 0.4) is 0 Å². The van der Waals surface area contributed by atoms with Crippen molar-refractivity contribution in [1.29, 1.82) is 5.26 Å². The SMILES string of the molecule is CC(C)(CCC#N)CNc1cc(F)ccc1[N+](=O)[O-]. The number of nitrogens with zero attached hydrogens (tertiary/aromatic N) is 2. The highest BCUT2D eigenvalue weighted by atomic mass is 19.1. The van der Waals surface area contributed by atoms with Crippen molar-refractivity contribution in [2.75, 3.05) is 11.9 Å². The van der Waals surface area contributed by atoms with Gasteiger partial charge < -0.3 is 5.32 Å². The van der Waals surface area contributed by atoms with Crippen molar-refractivity contribution in [3.8, 4) is 6.07 Å². The molecule has 0 aromatic heterocycles. The Labute approximate surface area is 111 Å². The van der Waals surface area contributed by atoms with Crippen LogP contribution < -0.4 is 5.32 Å². The summed E-state index contributed by atoms with van der Waals surface area (Å²) in [6.07, 6.45) is 1.08. The van der Waals surface area contributed by atoms with E-state index in [-0.39, 0.29) is 16.8 Å². The van der Waals surface area contributed by atoms with Crippen LogP contribution in [0, 0.1) is 32.7 Å². The van der Waals surface area contributed by atoms with Gasteiger partial charge in [0.2, 0.25) is 0 Å². The normalized spacial score (nSPS) is 10.8. The number of hydrogen-bond acceptors (Lipinski definition) is 4. The van der Waals surface area contributed by atoms with E-state index in [2.05, 4.69) is 11.4 Å². The molecule has 102 valence electrons. The summed E-state index contributed by atoms with van der Waals surface area (Å²) in [7, 11) is 0. The lowest BCUT2D eigenvalue weighted by molar-refractivity contribution is -0.384. The summed E-state index contributed by atoms with van der Waals surface area (Å²) in [5, 5.41) is 22.3. The average Bonchev–Trinajstić information content (AvgIpc) is 2.34. The number of nitrogens with one attached hydrogen (secondary N) is 1. The van der Waals surface area contributed by atoms with Crippen LogP contribution in [-0.2, 0) is 0 Å². The maximum atomic E-state index is 13.1. The van der Waals surface area contributed by atoms with Crippen molar-refractivity contribution in [2.45, 2.75) is 26.7 Å². The zero-order valence-electron chi connectivity index (χ0n) is 10.9. The first-order valence-corrected chi connectivity index (χ1v) is 5.90. The number of nitro benzene ring substituents is 1. The van der Waals surface area contributed by atoms with Crippen molar-refractivity contribution in [3.63, 3.8) is 0 Å². The highest BCUT2D eigenvalue weighted by Gasteiger charge is 2.20. The Morgan fingerprint density at radius 3 is 2.79 bits per heavy atom. The van der Waals surface area contributed by atoms with Crippen molar-refractivity contribution >= 4 is 11.4 Å². The number of halogens is 1. The standard InChI is InChI=1S/C13H16FN3O2/c1-13(2,6-3-7-15)9-16-11-8-10(14)4-5-12(11)17(18)19/h4-5,8,16H,3,6,9H2,1-2H3. The molecule has 0 bridgehead atoms. The molecule has 5 nitrogen and oxygen atoms in total. The van der Waals surface area contributed by atoms with Crippen LogP contribution in [0.1, 0.15) is 26.7 Å². The minimum Gasteiger partial charge on any atom is -0.379 e. The molecular formula is C13H16FN3O2. The van der Waals surface area contributed by atoms with Gasteiger partial charge in [0.05, 0.1) is 11.0 Å². The van der Waals surface area contributed by atoms with E-state index in [0.29, 0.717) is 19.4 Å². The molecule has 1 rings (SSSR count). The van der Waals surface area contributed by atoms with Gasteiger partial charge in [0.25, 0.3) is 5.69 Å². The summed E-state index contributed by atoms with van der Waals surface area (Å²) in [4.78, 5) is 10.3. The van der Waals surface area contributed by atoms with E-state index >= 15 is 0 Å². The van der Waals surface area contributed by atoms with Crippen LogP contribution >= 0.6 is 0 Å². The Morgan fingerprint density at radius 1 is 1.53 bits per heavy atom. The average molecular weight is 265 g/mol. The van der Waals surface area contributed by atoms with Gasteiger partial charge in [-0.25, -0.2) is 4.39 Å². The number of nitro groups is 1. The molecular weight excluding hydrogens is 249 g/mol. The maximum Gasteiger partial charge on any atom is 0.292 e. The minimum atomic E-state index is -0.552. The first-order valence-electron chi connectivity index (χ1n) is 5.90. The zero-order chi connectivity index (χ0) is 14.5. The van der Waals surface area contributed by atoms with Gasteiger partial charge in [-0.3, -0.25) is 10.1 Å². The van der Waals surface area contributed by atoms with Crippen LogP contribution in [0.25, 0.3) is 0 Å². The second kappa shape index (κ2) is 6.14. The lowest BCUT2D eigenvalue weighted by Crippen LogP contribution is -2.23. The summed E-state index contributed by atoms with van der Waals surface area (Å²) in [6, 6.07) is 5.37. The highest BCUT2D eigenvalue weighted by molar-refractivity contribution is 5.61. The van der Waals surface area contributed by atoms with Gasteiger partial charge in [-0.05, 0) is 17.9 Å². The van der Waals surface area contributed by atoms with Gasteiger partial charge in [-0.15, -0.1) is 0 Å². The van der Waals surface area contributed by atoms with E-state index in [1.165, 1.54) is 0 Å². The molecule has 1 N–H and O–H groups in total. The molecule has 19 heavy (non-hydrogen) atoms. The quantitative estimate of drug-likeness (QED) is 0.630. The van der Waals surface area contributed by atoms with E-state index in [1.54, 1.807) is 0 Å². The molecule has 0 atom stereocenters. The minimum absolute atomic E-state index is 0.155. The molecule has 1 aromatic carbocycles. The molecule has 0 heterocycles. The molecule has 0 saturated heterocycles. The highest BCUT2D eigenvalue weighted by Crippen LogP contribution is 2.28. The predicted octanol–water partition coefficient (Wildman–Crippen LogP) is 3.48. The Hall–Kier alpha value is -2.16. The third kappa shape index (κ3) is 4.54. The molecule has 0 amide bonds. The molecule has 0 spiro atoms. The third-order valence-electron chi connectivity index (χ3n) is 2.83. The largest absolute Gasteiger partial charge is 0.379 e. The molecule has 0 aliphatic heterocycles. The summed E-state index contributed by atoms with van der Waals surface area (Å²) >= 11 is 0. The monoisotopic (exact) mass is 265 g/mol. The number of benzene rings is 1. The van der Waals surface area contributed by atoms with Gasteiger partial charge in [0, 0.05) is 25.1 Å². The number of rotatable bonds is 6. The maximum absolute atomic E-state index is 13.1. The summed E-state index contributed by atoms with van der Waals surface area (Å²) in [6.45, 7) is 4.32. The van der Waals surface area contributed by atoms with E-state index in [0.717, 1.165) is 18.2 Å². The van der Waals surface area contributed by atoms with Crippen molar-refractivity contribution in [2.24, 2.45) is 5.41 Å². The first kappa shape index (κ1) is 14.9. The molecule has 0 radical (unpaired) electrons. The van der Waals surface area contributed by atoms with E-state index in [9.17, 15) is 14.5 Å². The van der Waals surface area contributed by atoms with Gasteiger partial charge >= 0.3 is 0 Å². The van der Waals surface area contributed by atoms with E-state index in [1.807, 2.05) is 13.8 Å². The fourth-order valence-corrected chi connectivity index (χ4v) is 1.63. The predicted molar refractivity (Wildman–Crippen MR) is 70.2 cm³/mol. The molecule has 0 aliphatic rings. The summed E-state index contributed by atoms with van der Waals surface area (Å²) in [5.41, 5.74) is -0.192. The Kier molecular flexibility index (Phi) is 4.81. The van der Waals surface area contributed by atoms with Crippen LogP contribution in [-0.4, -0.2) is 11.5 Å². The van der Waals surface area contributed by atoms with E-state index in [4.69, 9.17) is 5.26 Å². The Bertz CT molecular complexity index is 509. The molecule has 1 aromatic rings. The van der Waals surface area contributed by atoms with Crippen LogP contribution in [0.5, 0.6) is 0 Å². The second-order valence-electron chi connectivity index (χ2n) is 5.09. The fraction of sp³-hybridized carbons (Fsp3) is 0.462. The number of hydrogen-bond donors (Lipinski definition) is 1. The molecule has 0 unspecified atom stereocenters. The molecule has 0 saturated carbocycles. The zero-order valence-corrected chi connectivity index (χ0v) is 10.9. The lowest BCUT2D eigenvalue weighted by atomic mass is 9.88. The smallest absolute Gasteiger partial charge is 0.292 e. The Balaban J connectivity index is 2.80. The van der Waals surface area contributed by atoms with Crippen molar-refractivity contribution in [3.05, 3.63) is 34.1 Å². The number of nitriles is 1. The molecule has 0 fully saturated rings. The third-order valence-corrected chi connectivity index (χ3v) is 2.83.